The van der Waals surface area contributed by atoms with Gasteiger partial charge in [0.1, 0.15) is 12.2 Å². The van der Waals surface area contributed by atoms with Crippen molar-refractivity contribution < 1.29 is 23.5 Å². The molecule has 6 unspecified atom stereocenters. The Bertz CT molecular complexity index is 1420. The number of hydrogen-bond donors (Lipinski definition) is 0. The molecule has 0 aromatic carbocycles. The summed E-state index contributed by atoms with van der Waals surface area (Å²) in [5.74, 6) is 3.94. The van der Waals surface area contributed by atoms with E-state index in [0.29, 0.717) is 18.3 Å². The van der Waals surface area contributed by atoms with Crippen molar-refractivity contribution in [2.75, 3.05) is 27.7 Å². The fourth-order valence-corrected chi connectivity index (χ4v) is 12.7. The third-order valence-electron chi connectivity index (χ3n) is 17.1. The summed E-state index contributed by atoms with van der Waals surface area (Å²) in [7, 11) is 6.91. The van der Waals surface area contributed by atoms with Crippen LogP contribution in [0.1, 0.15) is 279 Å². The van der Waals surface area contributed by atoms with E-state index < -0.39 is 0 Å². The largest absolute Gasteiger partial charge is 0.462 e. The lowest BCUT2D eigenvalue weighted by atomic mass is 9.60. The van der Waals surface area contributed by atoms with Crippen LogP contribution in [0.3, 0.4) is 0 Å². The highest BCUT2D eigenvalue weighted by atomic mass is 16.5. The molecule has 0 amide bonds. The lowest BCUT2D eigenvalue weighted by Gasteiger charge is -2.44. The molecule has 0 saturated heterocycles. The molecule has 0 aromatic rings. The van der Waals surface area contributed by atoms with E-state index in [2.05, 4.69) is 81.4 Å². The Hall–Kier alpha value is -1.88. The predicted molar refractivity (Wildman–Crippen MR) is 293 cm³/mol. The molecule has 3 aliphatic rings. The summed E-state index contributed by atoms with van der Waals surface area (Å²) in [5, 5.41) is 0. The molecular formula is C63H114NO4+. The second-order valence-corrected chi connectivity index (χ2v) is 24.7. The molecule has 68 heavy (non-hydrogen) atoms. The van der Waals surface area contributed by atoms with Gasteiger partial charge in [0.25, 0.3) is 0 Å². The zero-order valence-corrected chi connectivity index (χ0v) is 46.9. The fraction of sp³-hybridized carbons (Fsp3) is 0.873. The zero-order valence-electron chi connectivity index (χ0n) is 46.9. The molecule has 0 radical (unpaired) electrons. The van der Waals surface area contributed by atoms with Crippen molar-refractivity contribution in [3.8, 4) is 0 Å². The second kappa shape index (κ2) is 34.5. The van der Waals surface area contributed by atoms with Gasteiger partial charge >= 0.3 is 11.9 Å². The number of ether oxygens (including phenoxy) is 2. The normalized spacial score (nSPS) is 23.2. The monoisotopic (exact) mass is 949 g/mol. The van der Waals surface area contributed by atoms with Crippen molar-refractivity contribution in [3.63, 3.8) is 0 Å². The van der Waals surface area contributed by atoms with Crippen molar-refractivity contribution in [2.24, 2.45) is 35.0 Å². The molecule has 6 atom stereocenters. The number of hydrogen-bond acceptors (Lipinski definition) is 4. The van der Waals surface area contributed by atoms with E-state index in [-0.39, 0.29) is 24.1 Å². The summed E-state index contributed by atoms with van der Waals surface area (Å²) in [5.41, 5.74) is 4.65. The van der Waals surface area contributed by atoms with Gasteiger partial charge in [0, 0.05) is 19.3 Å². The first-order chi connectivity index (χ1) is 32.6. The molecule has 3 fully saturated rings. The van der Waals surface area contributed by atoms with E-state index in [9.17, 15) is 9.59 Å². The van der Waals surface area contributed by atoms with Crippen LogP contribution in [0.4, 0.5) is 0 Å². The highest BCUT2D eigenvalue weighted by Crippen LogP contribution is 2.60. The van der Waals surface area contributed by atoms with Crippen LogP contribution in [0.5, 0.6) is 0 Å². The fourth-order valence-electron chi connectivity index (χ4n) is 12.7. The molecule has 0 aromatic heterocycles. The number of quaternary nitrogens is 1. The van der Waals surface area contributed by atoms with Crippen molar-refractivity contribution >= 4 is 11.9 Å². The first kappa shape index (κ1) is 60.4. The van der Waals surface area contributed by atoms with Crippen LogP contribution in [0.15, 0.2) is 35.5 Å². The van der Waals surface area contributed by atoms with Gasteiger partial charge in [-0.25, -0.2) is 0 Å². The number of fused-ring (bicyclic) bond motifs is 1. The summed E-state index contributed by atoms with van der Waals surface area (Å²) in [6.45, 7) is 20.1. The Morgan fingerprint density at radius 2 is 1.24 bits per heavy atom. The van der Waals surface area contributed by atoms with Gasteiger partial charge in [-0.1, -0.05) is 200 Å². The summed E-state index contributed by atoms with van der Waals surface area (Å²) in [6, 6.07) is 0. The van der Waals surface area contributed by atoms with Crippen LogP contribution in [0, 0.1) is 35.0 Å². The first-order valence-corrected chi connectivity index (χ1v) is 29.9. The molecule has 394 valence electrons. The van der Waals surface area contributed by atoms with Crippen molar-refractivity contribution in [1.82, 2.24) is 0 Å². The molecule has 3 aliphatic carbocycles. The van der Waals surface area contributed by atoms with Crippen LogP contribution in [0.2, 0.25) is 0 Å². The minimum Gasteiger partial charge on any atom is -0.462 e. The van der Waals surface area contributed by atoms with Gasteiger partial charge < -0.3 is 14.0 Å². The Kier molecular flexibility index (Phi) is 30.6. The zero-order chi connectivity index (χ0) is 49.6. The summed E-state index contributed by atoms with van der Waals surface area (Å²) >= 11 is 0. The number of unbranched alkanes of at least 4 members (excludes halogenated alkanes) is 15. The average Bonchev–Trinajstić information content (AvgIpc) is 3.65. The third-order valence-corrected chi connectivity index (χ3v) is 17.1. The van der Waals surface area contributed by atoms with Gasteiger partial charge in [-0.15, -0.1) is 0 Å². The standard InChI is InChI=1S/C63H114NO4/c1-11-13-15-17-19-26-37-57(38-27-20-18-16-14-12-2)67-61(65)39-28-22-21-24-34-54(47-49-64(8,9)10)35-25-23-29-40-62(66)68-58-44-41-52(5)56(50-58)43-42-55-36-31-48-63(7)59(45-46-60(55)63)53(6)33-30-32-51(3)4/h42-43,51,53-54,57-60H,5,11-41,44-50H2,1-4,6-10H3/q+1/b55-42+,56-43-. The van der Waals surface area contributed by atoms with Crippen LogP contribution in [0.25, 0.3) is 0 Å². The van der Waals surface area contributed by atoms with Crippen molar-refractivity contribution in [1.29, 1.82) is 0 Å². The van der Waals surface area contributed by atoms with Crippen LogP contribution >= 0.6 is 0 Å². The predicted octanol–water partition coefficient (Wildman–Crippen LogP) is 18.6. The lowest BCUT2D eigenvalue weighted by molar-refractivity contribution is -0.871. The van der Waals surface area contributed by atoms with Gasteiger partial charge in [-0.2, -0.15) is 0 Å². The molecule has 0 bridgehead atoms. The number of allylic oxidation sites excluding steroid dienone is 4. The van der Waals surface area contributed by atoms with Gasteiger partial charge in [0.05, 0.1) is 27.7 Å². The topological polar surface area (TPSA) is 52.6 Å². The SMILES string of the molecule is C=C1CCC(OC(=O)CCCCCC(CCCCCCC(=O)OC(CCCCCCCC)CCCCCCCC)CC[N+](C)(C)C)C/C1=C/C=C1\CCCC2(C)C1CCC2C(C)CCCC(C)C. The van der Waals surface area contributed by atoms with Crippen LogP contribution in [-0.2, 0) is 19.1 Å². The molecule has 3 saturated carbocycles. The van der Waals surface area contributed by atoms with E-state index in [1.54, 1.807) is 5.57 Å². The summed E-state index contributed by atoms with van der Waals surface area (Å²) < 4.78 is 13.3. The summed E-state index contributed by atoms with van der Waals surface area (Å²) in [4.78, 5) is 26.1. The van der Waals surface area contributed by atoms with Gasteiger partial charge in [0.2, 0.25) is 0 Å². The number of rotatable bonds is 38. The van der Waals surface area contributed by atoms with Crippen LogP contribution in [-0.4, -0.2) is 56.3 Å². The van der Waals surface area contributed by atoms with Crippen LogP contribution < -0.4 is 0 Å². The number of carbonyl (C=O) groups excluding carboxylic acids is 2. The Morgan fingerprint density at radius 3 is 1.85 bits per heavy atom. The molecule has 0 N–H and O–H groups in total. The Morgan fingerprint density at radius 1 is 0.662 bits per heavy atom. The molecule has 0 aliphatic heterocycles. The minimum absolute atomic E-state index is 0.0145. The minimum atomic E-state index is -0.0240. The quantitative estimate of drug-likeness (QED) is 0.0352. The smallest absolute Gasteiger partial charge is 0.306 e. The maximum atomic E-state index is 13.1. The lowest BCUT2D eigenvalue weighted by Crippen LogP contribution is -2.36. The molecule has 0 spiro atoms. The van der Waals surface area contributed by atoms with Gasteiger partial charge in [-0.3, -0.25) is 9.59 Å². The highest BCUT2D eigenvalue weighted by Gasteiger charge is 2.50. The molecule has 5 heteroatoms. The van der Waals surface area contributed by atoms with E-state index in [0.717, 1.165) is 91.9 Å². The maximum Gasteiger partial charge on any atom is 0.306 e. The number of esters is 2. The molecule has 0 heterocycles. The van der Waals surface area contributed by atoms with Gasteiger partial charge in [-0.05, 0) is 130 Å². The average molecular weight is 950 g/mol. The van der Waals surface area contributed by atoms with E-state index in [4.69, 9.17) is 9.47 Å². The molecule has 3 rings (SSSR count). The number of nitrogens with zero attached hydrogens (tertiary/aromatic N) is 1. The molecule has 5 nitrogen and oxygen atoms in total. The van der Waals surface area contributed by atoms with Crippen molar-refractivity contribution in [2.45, 2.75) is 291 Å². The van der Waals surface area contributed by atoms with Gasteiger partial charge in [0.15, 0.2) is 0 Å². The Balaban J connectivity index is 1.36. The highest BCUT2D eigenvalue weighted by molar-refractivity contribution is 5.70. The van der Waals surface area contributed by atoms with E-state index in [1.165, 1.54) is 185 Å². The van der Waals surface area contributed by atoms with E-state index in [1.807, 2.05) is 0 Å². The molecular weight excluding hydrogens is 835 g/mol. The Labute approximate surface area is 423 Å². The van der Waals surface area contributed by atoms with E-state index >= 15 is 0 Å². The number of carbonyl (C=O) groups is 2. The summed E-state index contributed by atoms with van der Waals surface area (Å²) in [6.07, 6.45) is 48.4. The first-order valence-electron chi connectivity index (χ1n) is 29.9. The third kappa shape index (κ3) is 25.0. The van der Waals surface area contributed by atoms with Crippen molar-refractivity contribution in [3.05, 3.63) is 35.5 Å². The maximum absolute atomic E-state index is 13.1. The second-order valence-electron chi connectivity index (χ2n) is 24.7.